The van der Waals surface area contributed by atoms with Crippen LogP contribution in [0.25, 0.3) is 0 Å². The number of hydrogen-bond donors (Lipinski definition) is 0. The highest BCUT2D eigenvalue weighted by molar-refractivity contribution is 5.69. The maximum Gasteiger partial charge on any atom is 0.308 e. The van der Waals surface area contributed by atoms with Crippen molar-refractivity contribution in [1.29, 1.82) is 0 Å². The zero-order valence-electron chi connectivity index (χ0n) is 12.2. The number of methoxy groups -OCH3 is 1. The van der Waals surface area contributed by atoms with Crippen molar-refractivity contribution >= 4 is 5.97 Å². The minimum atomic E-state index is -0.253. The van der Waals surface area contributed by atoms with Crippen LogP contribution in [-0.4, -0.2) is 53.9 Å². The molecule has 0 aromatic carbocycles. The molecule has 7 heteroatoms. The van der Waals surface area contributed by atoms with Gasteiger partial charge in [0.15, 0.2) is 5.82 Å². The van der Waals surface area contributed by atoms with E-state index in [0.29, 0.717) is 25.6 Å². The van der Waals surface area contributed by atoms with Crippen molar-refractivity contribution < 1.29 is 18.8 Å². The largest absolute Gasteiger partial charge is 0.469 e. The molecule has 112 valence electrons. The second kappa shape index (κ2) is 6.81. The summed E-state index contributed by atoms with van der Waals surface area (Å²) in [6.07, 6.45) is 0.136. The molecule has 1 aliphatic rings. The monoisotopic (exact) mass is 283 g/mol. The standard InChI is InChI=1S/C13H21N3O4/c1-9(2)13-14-11(20-15-13)8-16-4-5-19-10(7-16)6-12(17)18-3/h9-10H,4-8H2,1-3H3. The molecular weight excluding hydrogens is 262 g/mol. The molecule has 7 nitrogen and oxygen atoms in total. The second-order valence-corrected chi connectivity index (χ2v) is 5.21. The number of carbonyl (C=O) groups is 1. The van der Waals surface area contributed by atoms with Crippen LogP contribution in [-0.2, 0) is 20.8 Å². The fourth-order valence-corrected chi connectivity index (χ4v) is 2.07. The number of carbonyl (C=O) groups excluding carboxylic acids is 1. The molecule has 1 saturated heterocycles. The topological polar surface area (TPSA) is 77.7 Å². The van der Waals surface area contributed by atoms with E-state index in [4.69, 9.17) is 9.26 Å². The summed E-state index contributed by atoms with van der Waals surface area (Å²) in [4.78, 5) is 17.8. The third-order valence-electron chi connectivity index (χ3n) is 3.20. The van der Waals surface area contributed by atoms with Crippen LogP contribution in [0.3, 0.4) is 0 Å². The first kappa shape index (κ1) is 14.9. The lowest BCUT2D eigenvalue weighted by Gasteiger charge is -2.31. The van der Waals surface area contributed by atoms with Crippen molar-refractivity contribution in [1.82, 2.24) is 15.0 Å². The van der Waals surface area contributed by atoms with E-state index in [0.717, 1.165) is 12.4 Å². The average Bonchev–Trinajstić information content (AvgIpc) is 2.87. The summed E-state index contributed by atoms with van der Waals surface area (Å²) in [5.74, 6) is 1.33. The molecule has 2 heterocycles. The lowest BCUT2D eigenvalue weighted by molar-refractivity contribution is -0.145. The van der Waals surface area contributed by atoms with Crippen molar-refractivity contribution in [3.05, 3.63) is 11.7 Å². The smallest absolute Gasteiger partial charge is 0.308 e. The normalized spacial score (nSPS) is 20.3. The Balaban J connectivity index is 1.87. The molecule has 0 saturated carbocycles. The molecular formula is C13H21N3O4. The van der Waals surface area contributed by atoms with Crippen LogP contribution in [0.4, 0.5) is 0 Å². The first-order chi connectivity index (χ1) is 9.58. The minimum absolute atomic E-state index is 0.135. The zero-order valence-corrected chi connectivity index (χ0v) is 12.2. The molecule has 2 rings (SSSR count). The predicted molar refractivity (Wildman–Crippen MR) is 70.0 cm³/mol. The van der Waals surface area contributed by atoms with E-state index in [1.807, 2.05) is 13.8 Å². The van der Waals surface area contributed by atoms with Gasteiger partial charge in [-0.1, -0.05) is 19.0 Å². The van der Waals surface area contributed by atoms with E-state index < -0.39 is 0 Å². The Morgan fingerprint density at radius 1 is 1.55 bits per heavy atom. The van der Waals surface area contributed by atoms with Gasteiger partial charge in [0.2, 0.25) is 5.89 Å². The van der Waals surface area contributed by atoms with E-state index >= 15 is 0 Å². The van der Waals surface area contributed by atoms with Crippen molar-refractivity contribution in [3.63, 3.8) is 0 Å². The van der Waals surface area contributed by atoms with E-state index in [1.54, 1.807) is 0 Å². The van der Waals surface area contributed by atoms with Gasteiger partial charge in [0.25, 0.3) is 0 Å². The van der Waals surface area contributed by atoms with Gasteiger partial charge in [-0.3, -0.25) is 9.69 Å². The average molecular weight is 283 g/mol. The highest BCUT2D eigenvalue weighted by atomic mass is 16.5. The first-order valence-electron chi connectivity index (χ1n) is 6.81. The summed E-state index contributed by atoms with van der Waals surface area (Å²) in [6.45, 7) is 6.67. The number of hydrogen-bond acceptors (Lipinski definition) is 7. The maximum absolute atomic E-state index is 11.3. The van der Waals surface area contributed by atoms with Crippen LogP contribution in [0.2, 0.25) is 0 Å². The molecule has 0 aliphatic carbocycles. The summed E-state index contributed by atoms with van der Waals surface area (Å²) in [6, 6.07) is 0. The molecule has 0 N–H and O–H groups in total. The van der Waals surface area contributed by atoms with Crippen LogP contribution in [0.1, 0.15) is 37.9 Å². The summed E-state index contributed by atoms with van der Waals surface area (Å²) >= 11 is 0. The van der Waals surface area contributed by atoms with Gasteiger partial charge in [-0.25, -0.2) is 0 Å². The van der Waals surface area contributed by atoms with Crippen LogP contribution >= 0.6 is 0 Å². The molecule has 0 amide bonds. The van der Waals surface area contributed by atoms with Gasteiger partial charge in [-0.05, 0) is 0 Å². The van der Waals surface area contributed by atoms with E-state index in [-0.39, 0.29) is 24.4 Å². The number of aromatic nitrogens is 2. The third kappa shape index (κ3) is 4.01. The lowest BCUT2D eigenvalue weighted by atomic mass is 10.2. The van der Waals surface area contributed by atoms with Crippen molar-refractivity contribution in [3.8, 4) is 0 Å². The Bertz CT molecular complexity index is 447. The van der Waals surface area contributed by atoms with Gasteiger partial charge in [0, 0.05) is 19.0 Å². The molecule has 1 atom stereocenters. The van der Waals surface area contributed by atoms with Gasteiger partial charge < -0.3 is 14.0 Å². The summed E-state index contributed by atoms with van der Waals surface area (Å²) in [5, 5.41) is 3.94. The quantitative estimate of drug-likeness (QED) is 0.745. The van der Waals surface area contributed by atoms with Gasteiger partial charge in [-0.2, -0.15) is 4.98 Å². The predicted octanol–water partition coefficient (Wildman–Crippen LogP) is 0.957. The van der Waals surface area contributed by atoms with Crippen LogP contribution in [0, 0.1) is 0 Å². The Morgan fingerprint density at radius 3 is 3.00 bits per heavy atom. The number of morpholine rings is 1. The molecule has 1 aromatic rings. The highest BCUT2D eigenvalue weighted by Gasteiger charge is 2.24. The number of rotatable bonds is 5. The Labute approximate surface area is 118 Å². The van der Waals surface area contributed by atoms with Crippen LogP contribution < -0.4 is 0 Å². The summed E-state index contributed by atoms with van der Waals surface area (Å²) in [7, 11) is 1.38. The molecule has 1 aromatic heterocycles. The van der Waals surface area contributed by atoms with Gasteiger partial charge in [0.1, 0.15) is 0 Å². The molecule has 0 spiro atoms. The fourth-order valence-electron chi connectivity index (χ4n) is 2.07. The Hall–Kier alpha value is -1.47. The van der Waals surface area contributed by atoms with Crippen molar-refractivity contribution in [2.75, 3.05) is 26.8 Å². The van der Waals surface area contributed by atoms with E-state index in [1.165, 1.54) is 7.11 Å². The van der Waals surface area contributed by atoms with E-state index in [9.17, 15) is 4.79 Å². The Morgan fingerprint density at radius 2 is 2.35 bits per heavy atom. The molecule has 1 aliphatic heterocycles. The fraction of sp³-hybridized carbons (Fsp3) is 0.769. The zero-order chi connectivity index (χ0) is 14.5. The van der Waals surface area contributed by atoms with E-state index in [2.05, 4.69) is 19.8 Å². The van der Waals surface area contributed by atoms with Gasteiger partial charge >= 0.3 is 5.97 Å². The Kier molecular flexibility index (Phi) is 5.08. The molecule has 1 unspecified atom stereocenters. The molecule has 0 radical (unpaired) electrons. The van der Waals surface area contributed by atoms with Gasteiger partial charge in [-0.15, -0.1) is 0 Å². The number of esters is 1. The second-order valence-electron chi connectivity index (χ2n) is 5.21. The summed E-state index contributed by atoms with van der Waals surface area (Å²) in [5.41, 5.74) is 0. The molecule has 0 bridgehead atoms. The first-order valence-corrected chi connectivity index (χ1v) is 6.81. The highest BCUT2D eigenvalue weighted by Crippen LogP contribution is 2.14. The van der Waals surface area contributed by atoms with Gasteiger partial charge in [0.05, 0.1) is 32.8 Å². The third-order valence-corrected chi connectivity index (χ3v) is 3.20. The summed E-state index contributed by atoms with van der Waals surface area (Å²) < 4.78 is 15.4. The maximum atomic E-state index is 11.3. The lowest BCUT2D eigenvalue weighted by Crippen LogP contribution is -2.42. The van der Waals surface area contributed by atoms with Crippen LogP contribution in [0.15, 0.2) is 4.52 Å². The van der Waals surface area contributed by atoms with Crippen molar-refractivity contribution in [2.24, 2.45) is 0 Å². The molecule has 1 fully saturated rings. The minimum Gasteiger partial charge on any atom is -0.469 e. The number of nitrogens with zero attached hydrogens (tertiary/aromatic N) is 3. The van der Waals surface area contributed by atoms with Crippen molar-refractivity contribution in [2.45, 2.75) is 38.8 Å². The SMILES string of the molecule is COC(=O)CC1CN(Cc2nc(C(C)C)no2)CCO1. The molecule has 20 heavy (non-hydrogen) atoms. The number of ether oxygens (including phenoxy) is 2. The van der Waals surface area contributed by atoms with Crippen LogP contribution in [0.5, 0.6) is 0 Å².